The van der Waals surface area contributed by atoms with E-state index in [9.17, 15) is 9.90 Å². The second-order valence-electron chi connectivity index (χ2n) is 4.16. The number of benzene rings is 1. The molecule has 0 saturated heterocycles. The third-order valence-electron chi connectivity index (χ3n) is 2.84. The number of halogens is 1. The summed E-state index contributed by atoms with van der Waals surface area (Å²) in [5.74, 6) is -1.02. The van der Waals surface area contributed by atoms with Crippen molar-refractivity contribution in [2.45, 2.75) is 13.5 Å². The third-order valence-corrected chi connectivity index (χ3v) is 4.08. The molecular weight excluding hydrogens is 284 g/mol. The first-order chi connectivity index (χ1) is 9.00. The van der Waals surface area contributed by atoms with E-state index in [-0.39, 0.29) is 10.6 Å². The van der Waals surface area contributed by atoms with Gasteiger partial charge in [-0.25, -0.2) is 9.78 Å². The Bertz CT molecular complexity index is 612. The van der Waals surface area contributed by atoms with Crippen LogP contribution in [0.25, 0.3) is 0 Å². The average Bonchev–Trinajstić information content (AvgIpc) is 2.74. The summed E-state index contributed by atoms with van der Waals surface area (Å²) >= 11 is 7.52. The first-order valence-corrected chi connectivity index (χ1v) is 6.88. The molecule has 0 amide bonds. The van der Waals surface area contributed by atoms with Crippen LogP contribution < -0.4 is 4.90 Å². The van der Waals surface area contributed by atoms with E-state index in [1.807, 2.05) is 18.9 Å². The van der Waals surface area contributed by atoms with Crippen molar-refractivity contribution in [3.05, 3.63) is 44.9 Å². The maximum absolute atomic E-state index is 11.3. The number of hydrogen-bond acceptors (Lipinski definition) is 4. The number of carboxylic acids is 1. The Morgan fingerprint density at radius 1 is 1.53 bits per heavy atom. The predicted octanol–water partition coefficient (Wildman–Crippen LogP) is 3.44. The Labute approximate surface area is 120 Å². The van der Waals surface area contributed by atoms with Gasteiger partial charge in [0.25, 0.3) is 0 Å². The van der Waals surface area contributed by atoms with Crippen molar-refractivity contribution in [1.29, 1.82) is 0 Å². The van der Waals surface area contributed by atoms with Gasteiger partial charge < -0.3 is 10.0 Å². The number of aromatic nitrogens is 1. The van der Waals surface area contributed by atoms with Gasteiger partial charge >= 0.3 is 5.97 Å². The second kappa shape index (κ2) is 5.59. The van der Waals surface area contributed by atoms with Gasteiger partial charge in [0.2, 0.25) is 0 Å². The SMILES string of the molecule is Cc1ncsc1CN(C)c1cccc(Cl)c1C(=O)O. The molecule has 0 aliphatic rings. The number of carboxylic acid groups (broad SMARTS) is 1. The van der Waals surface area contributed by atoms with Crippen molar-refractivity contribution in [3.8, 4) is 0 Å². The summed E-state index contributed by atoms with van der Waals surface area (Å²) in [7, 11) is 1.84. The molecule has 0 saturated carbocycles. The van der Waals surface area contributed by atoms with Crippen LogP contribution in [0, 0.1) is 6.92 Å². The fourth-order valence-electron chi connectivity index (χ4n) is 1.82. The summed E-state index contributed by atoms with van der Waals surface area (Å²) in [6.07, 6.45) is 0. The number of hydrogen-bond donors (Lipinski definition) is 1. The summed E-state index contributed by atoms with van der Waals surface area (Å²) in [5.41, 5.74) is 3.49. The molecule has 0 unspecified atom stereocenters. The van der Waals surface area contributed by atoms with Crippen molar-refractivity contribution in [3.63, 3.8) is 0 Å². The number of aromatic carboxylic acids is 1. The maximum atomic E-state index is 11.3. The normalized spacial score (nSPS) is 10.5. The number of thiazole rings is 1. The lowest BCUT2D eigenvalue weighted by Crippen LogP contribution is -2.19. The molecule has 19 heavy (non-hydrogen) atoms. The van der Waals surface area contributed by atoms with Gasteiger partial charge in [-0.3, -0.25) is 0 Å². The smallest absolute Gasteiger partial charge is 0.339 e. The zero-order valence-corrected chi connectivity index (χ0v) is 12.1. The van der Waals surface area contributed by atoms with Crippen LogP contribution in [0.3, 0.4) is 0 Å². The van der Waals surface area contributed by atoms with Crippen LogP contribution in [0.2, 0.25) is 5.02 Å². The van der Waals surface area contributed by atoms with E-state index in [4.69, 9.17) is 11.6 Å². The average molecular weight is 297 g/mol. The van der Waals surface area contributed by atoms with Crippen LogP contribution in [0.1, 0.15) is 20.9 Å². The predicted molar refractivity (Wildman–Crippen MR) is 77.4 cm³/mol. The molecule has 100 valence electrons. The highest BCUT2D eigenvalue weighted by Gasteiger charge is 2.18. The van der Waals surface area contributed by atoms with Gasteiger partial charge in [-0.1, -0.05) is 17.7 Å². The number of carbonyl (C=O) groups is 1. The van der Waals surface area contributed by atoms with Crippen molar-refractivity contribution >= 4 is 34.6 Å². The highest BCUT2D eigenvalue weighted by molar-refractivity contribution is 7.09. The van der Waals surface area contributed by atoms with E-state index in [0.717, 1.165) is 10.6 Å². The molecule has 0 atom stereocenters. The highest BCUT2D eigenvalue weighted by atomic mass is 35.5. The first-order valence-electron chi connectivity index (χ1n) is 5.62. The minimum atomic E-state index is -1.02. The van der Waals surface area contributed by atoms with Gasteiger partial charge in [0.1, 0.15) is 5.56 Å². The van der Waals surface area contributed by atoms with Crippen LogP contribution in [0.15, 0.2) is 23.7 Å². The summed E-state index contributed by atoms with van der Waals surface area (Å²) in [5, 5.41) is 9.50. The fourth-order valence-corrected chi connectivity index (χ4v) is 2.90. The van der Waals surface area contributed by atoms with Gasteiger partial charge in [0, 0.05) is 11.9 Å². The number of nitrogens with zero attached hydrogens (tertiary/aromatic N) is 2. The summed E-state index contributed by atoms with van der Waals surface area (Å²) in [6.45, 7) is 2.55. The lowest BCUT2D eigenvalue weighted by Gasteiger charge is -2.21. The lowest BCUT2D eigenvalue weighted by molar-refractivity contribution is 0.0697. The molecule has 4 nitrogen and oxygen atoms in total. The molecule has 1 N–H and O–H groups in total. The number of anilines is 1. The van der Waals surface area contributed by atoms with Gasteiger partial charge in [-0.2, -0.15) is 0 Å². The van der Waals surface area contributed by atoms with Crippen molar-refractivity contribution in [1.82, 2.24) is 4.98 Å². The third kappa shape index (κ3) is 2.88. The number of aryl methyl sites for hydroxylation is 1. The summed E-state index contributed by atoms with van der Waals surface area (Å²) in [6, 6.07) is 5.09. The van der Waals surface area contributed by atoms with E-state index in [1.165, 1.54) is 0 Å². The minimum Gasteiger partial charge on any atom is -0.478 e. The van der Waals surface area contributed by atoms with Gasteiger partial charge in [0.15, 0.2) is 0 Å². The molecular formula is C13H13ClN2O2S. The topological polar surface area (TPSA) is 53.4 Å². The van der Waals surface area contributed by atoms with Crippen LogP contribution in [0.5, 0.6) is 0 Å². The molecule has 0 bridgehead atoms. The Hall–Kier alpha value is -1.59. The highest BCUT2D eigenvalue weighted by Crippen LogP contribution is 2.28. The summed E-state index contributed by atoms with van der Waals surface area (Å²) in [4.78, 5) is 18.5. The van der Waals surface area contributed by atoms with Crippen LogP contribution >= 0.6 is 22.9 Å². The van der Waals surface area contributed by atoms with Crippen molar-refractivity contribution in [2.24, 2.45) is 0 Å². The Morgan fingerprint density at radius 2 is 2.26 bits per heavy atom. The quantitative estimate of drug-likeness (QED) is 0.939. The molecule has 1 aromatic carbocycles. The zero-order valence-electron chi connectivity index (χ0n) is 10.6. The monoisotopic (exact) mass is 296 g/mol. The largest absolute Gasteiger partial charge is 0.478 e. The maximum Gasteiger partial charge on any atom is 0.339 e. The molecule has 0 aliphatic carbocycles. The Morgan fingerprint density at radius 3 is 2.84 bits per heavy atom. The van der Waals surface area contributed by atoms with Crippen molar-refractivity contribution in [2.75, 3.05) is 11.9 Å². The Kier molecular flexibility index (Phi) is 4.07. The molecule has 0 fully saturated rings. The molecule has 6 heteroatoms. The fraction of sp³-hybridized carbons (Fsp3) is 0.231. The number of rotatable bonds is 4. The molecule has 2 rings (SSSR count). The molecule has 1 heterocycles. The Balaban J connectivity index is 2.34. The van der Waals surface area contributed by atoms with E-state index in [2.05, 4.69) is 4.98 Å². The molecule has 0 aliphatic heterocycles. The van der Waals surface area contributed by atoms with Gasteiger partial charge in [-0.05, 0) is 19.1 Å². The lowest BCUT2D eigenvalue weighted by atomic mass is 10.1. The van der Waals surface area contributed by atoms with E-state index < -0.39 is 5.97 Å². The van der Waals surface area contributed by atoms with Crippen LogP contribution in [0.4, 0.5) is 5.69 Å². The molecule has 0 spiro atoms. The van der Waals surface area contributed by atoms with Crippen LogP contribution in [-0.2, 0) is 6.54 Å². The van der Waals surface area contributed by atoms with Crippen molar-refractivity contribution < 1.29 is 9.90 Å². The standard InChI is InChI=1S/C13H13ClN2O2S/c1-8-11(19-7-15-8)6-16(2)10-5-3-4-9(14)12(10)13(17)18/h3-5,7H,6H2,1-2H3,(H,17,18). The summed E-state index contributed by atoms with van der Waals surface area (Å²) < 4.78 is 0. The molecule has 1 aromatic heterocycles. The van der Waals surface area contributed by atoms with Crippen LogP contribution in [-0.4, -0.2) is 23.1 Å². The zero-order chi connectivity index (χ0) is 14.0. The van der Waals surface area contributed by atoms with Gasteiger partial charge in [-0.15, -0.1) is 11.3 Å². The molecule has 2 aromatic rings. The van der Waals surface area contributed by atoms with Gasteiger partial charge in [0.05, 0.1) is 28.5 Å². The first kappa shape index (κ1) is 13.8. The minimum absolute atomic E-state index is 0.133. The van der Waals surface area contributed by atoms with E-state index in [0.29, 0.717) is 12.2 Å². The second-order valence-corrected chi connectivity index (χ2v) is 5.50. The van der Waals surface area contributed by atoms with E-state index in [1.54, 1.807) is 35.0 Å². The van der Waals surface area contributed by atoms with E-state index >= 15 is 0 Å². The molecule has 0 radical (unpaired) electrons.